The molecule has 2 aromatic carbocycles. The van der Waals surface area contributed by atoms with Crippen LogP contribution in [0, 0.1) is 40.0 Å². The third-order valence-electron chi connectivity index (χ3n) is 4.54. The van der Waals surface area contributed by atoms with Crippen LogP contribution >= 0.6 is 0 Å². The van der Waals surface area contributed by atoms with Gasteiger partial charge in [-0.15, -0.1) is 0 Å². The number of aromatic nitrogens is 2. The Labute approximate surface area is 182 Å². The van der Waals surface area contributed by atoms with Crippen molar-refractivity contribution in [1.29, 1.82) is 0 Å². The van der Waals surface area contributed by atoms with Crippen LogP contribution in [-0.2, 0) is 11.3 Å². The summed E-state index contributed by atoms with van der Waals surface area (Å²) in [5.41, 5.74) is 1.74. The number of nitro benzene ring substituents is 1. The van der Waals surface area contributed by atoms with Crippen LogP contribution in [0.25, 0.3) is 0 Å². The second-order valence-electron chi connectivity index (χ2n) is 7.47. The maximum absolute atomic E-state index is 12.6. The van der Waals surface area contributed by atoms with Crippen LogP contribution in [0.15, 0.2) is 48.8 Å². The summed E-state index contributed by atoms with van der Waals surface area (Å²) in [6.45, 7) is 5.54. The molecule has 0 aliphatic heterocycles. The van der Waals surface area contributed by atoms with Crippen molar-refractivity contribution in [1.82, 2.24) is 9.78 Å². The first-order chi connectivity index (χ1) is 15.1. The van der Waals surface area contributed by atoms with Crippen molar-refractivity contribution in [2.45, 2.75) is 27.3 Å². The fraction of sp³-hybridized carbons (Fsp3) is 0.238. The number of carbonyl (C=O) groups is 1. The highest BCUT2D eigenvalue weighted by atomic mass is 16.6. The standard InChI is InChI=1S/C21H21N5O6/c1-13-4-14(2)6-19(5-13)32-20-8-16(7-17(9-20)25(28)29)23-21(27)15(3)11-24-12-18(10-22-24)26(30)31/h4-10,12,15H,11H2,1-3H3,(H,23,27). The van der Waals surface area contributed by atoms with Crippen LogP contribution in [0.5, 0.6) is 11.5 Å². The lowest BCUT2D eigenvalue weighted by atomic mass is 10.1. The number of ether oxygens (including phenoxy) is 1. The van der Waals surface area contributed by atoms with Gasteiger partial charge < -0.3 is 10.1 Å². The number of nitrogens with one attached hydrogen (secondary N) is 1. The molecule has 3 rings (SSSR count). The van der Waals surface area contributed by atoms with Gasteiger partial charge in [-0.3, -0.25) is 29.7 Å². The van der Waals surface area contributed by atoms with E-state index in [0.29, 0.717) is 5.75 Å². The highest BCUT2D eigenvalue weighted by Gasteiger charge is 2.19. The van der Waals surface area contributed by atoms with E-state index in [4.69, 9.17) is 4.74 Å². The van der Waals surface area contributed by atoms with Crippen molar-refractivity contribution in [2.24, 2.45) is 5.92 Å². The third-order valence-corrected chi connectivity index (χ3v) is 4.54. The normalized spacial score (nSPS) is 11.6. The zero-order chi connectivity index (χ0) is 23.4. The zero-order valence-electron chi connectivity index (χ0n) is 17.6. The lowest BCUT2D eigenvalue weighted by Crippen LogP contribution is -2.24. The molecule has 0 bridgehead atoms. The van der Waals surface area contributed by atoms with Gasteiger partial charge in [-0.05, 0) is 37.1 Å². The molecule has 1 atom stereocenters. The molecule has 1 amide bonds. The van der Waals surface area contributed by atoms with Crippen molar-refractivity contribution in [3.05, 3.63) is 80.1 Å². The maximum Gasteiger partial charge on any atom is 0.306 e. The summed E-state index contributed by atoms with van der Waals surface area (Å²) in [4.78, 5) is 33.6. The van der Waals surface area contributed by atoms with E-state index in [1.165, 1.54) is 29.1 Å². The van der Waals surface area contributed by atoms with Crippen molar-refractivity contribution >= 4 is 23.0 Å². The smallest absolute Gasteiger partial charge is 0.306 e. The molecule has 0 spiro atoms. The van der Waals surface area contributed by atoms with Gasteiger partial charge in [0.2, 0.25) is 5.91 Å². The molecule has 32 heavy (non-hydrogen) atoms. The largest absolute Gasteiger partial charge is 0.457 e. The van der Waals surface area contributed by atoms with Crippen LogP contribution in [0.4, 0.5) is 17.1 Å². The molecule has 11 nitrogen and oxygen atoms in total. The second-order valence-corrected chi connectivity index (χ2v) is 7.47. The first-order valence-electron chi connectivity index (χ1n) is 9.64. The molecule has 11 heteroatoms. The Hall–Kier alpha value is -4.28. The monoisotopic (exact) mass is 439 g/mol. The van der Waals surface area contributed by atoms with Gasteiger partial charge >= 0.3 is 5.69 Å². The van der Waals surface area contributed by atoms with Crippen molar-refractivity contribution in [3.8, 4) is 11.5 Å². The number of anilines is 1. The summed E-state index contributed by atoms with van der Waals surface area (Å²) in [6.07, 6.45) is 2.33. The summed E-state index contributed by atoms with van der Waals surface area (Å²) in [6, 6.07) is 9.58. The summed E-state index contributed by atoms with van der Waals surface area (Å²) < 4.78 is 7.10. The van der Waals surface area contributed by atoms with E-state index >= 15 is 0 Å². The maximum atomic E-state index is 12.6. The summed E-state index contributed by atoms with van der Waals surface area (Å²) in [7, 11) is 0. The molecule has 166 valence electrons. The lowest BCUT2D eigenvalue weighted by Gasteiger charge is -2.13. The topological polar surface area (TPSA) is 142 Å². The molecule has 0 radical (unpaired) electrons. The molecule has 1 heterocycles. The lowest BCUT2D eigenvalue weighted by molar-refractivity contribution is -0.385. The third kappa shape index (κ3) is 5.65. The van der Waals surface area contributed by atoms with E-state index in [0.717, 1.165) is 17.3 Å². The Balaban J connectivity index is 1.77. The number of aryl methyl sites for hydroxylation is 2. The van der Waals surface area contributed by atoms with Gasteiger partial charge in [0.05, 0.1) is 34.1 Å². The molecule has 1 N–H and O–H groups in total. The molecule has 1 aromatic heterocycles. The first-order valence-corrected chi connectivity index (χ1v) is 9.64. The summed E-state index contributed by atoms with van der Waals surface area (Å²) >= 11 is 0. The first kappa shape index (κ1) is 22.4. The number of hydrogen-bond donors (Lipinski definition) is 1. The van der Waals surface area contributed by atoms with Gasteiger partial charge in [-0.25, -0.2) is 0 Å². The Kier molecular flexibility index (Phi) is 6.47. The molecule has 1 unspecified atom stereocenters. The second kappa shape index (κ2) is 9.25. The Morgan fingerprint density at radius 1 is 1.03 bits per heavy atom. The number of nitro groups is 2. The number of nitrogens with zero attached hydrogens (tertiary/aromatic N) is 4. The van der Waals surface area contributed by atoms with Crippen LogP contribution < -0.4 is 10.1 Å². The Morgan fingerprint density at radius 2 is 1.66 bits per heavy atom. The van der Waals surface area contributed by atoms with Gasteiger partial charge in [0, 0.05) is 12.1 Å². The van der Waals surface area contributed by atoms with E-state index in [9.17, 15) is 25.0 Å². The van der Waals surface area contributed by atoms with Crippen LogP contribution in [-0.4, -0.2) is 25.5 Å². The van der Waals surface area contributed by atoms with Crippen LogP contribution in [0.3, 0.4) is 0 Å². The van der Waals surface area contributed by atoms with E-state index in [1.807, 2.05) is 19.9 Å². The highest BCUT2D eigenvalue weighted by Crippen LogP contribution is 2.31. The average molecular weight is 439 g/mol. The summed E-state index contributed by atoms with van der Waals surface area (Å²) in [5.74, 6) is -0.317. The highest BCUT2D eigenvalue weighted by molar-refractivity contribution is 5.92. The number of hydrogen-bond acceptors (Lipinski definition) is 7. The number of rotatable bonds is 8. The van der Waals surface area contributed by atoms with Crippen molar-refractivity contribution < 1.29 is 19.4 Å². The molecule has 0 saturated carbocycles. The Morgan fingerprint density at radius 3 is 2.25 bits per heavy atom. The van der Waals surface area contributed by atoms with E-state index in [1.54, 1.807) is 19.1 Å². The number of carbonyl (C=O) groups excluding carboxylic acids is 1. The van der Waals surface area contributed by atoms with Crippen LogP contribution in [0.1, 0.15) is 18.1 Å². The van der Waals surface area contributed by atoms with Gasteiger partial charge in [-0.2, -0.15) is 5.10 Å². The number of benzene rings is 2. The SMILES string of the molecule is Cc1cc(C)cc(Oc2cc(NC(=O)C(C)Cn3cc([N+](=O)[O-])cn3)cc([N+](=O)[O-])c2)c1. The fourth-order valence-corrected chi connectivity index (χ4v) is 3.12. The zero-order valence-corrected chi connectivity index (χ0v) is 17.6. The predicted octanol–water partition coefficient (Wildman–Crippen LogP) is 4.38. The molecular weight excluding hydrogens is 418 g/mol. The van der Waals surface area contributed by atoms with E-state index in [-0.39, 0.29) is 29.4 Å². The van der Waals surface area contributed by atoms with Gasteiger partial charge in [0.1, 0.15) is 23.9 Å². The molecular formula is C21H21N5O6. The Bertz CT molecular complexity index is 1170. The molecule has 0 aliphatic carbocycles. The fourth-order valence-electron chi connectivity index (χ4n) is 3.12. The predicted molar refractivity (Wildman–Crippen MR) is 116 cm³/mol. The number of amides is 1. The molecule has 0 fully saturated rings. The summed E-state index contributed by atoms with van der Waals surface area (Å²) in [5, 5.41) is 28.6. The van der Waals surface area contributed by atoms with Gasteiger partial charge in [0.25, 0.3) is 5.69 Å². The molecule has 0 aliphatic rings. The van der Waals surface area contributed by atoms with Crippen molar-refractivity contribution in [3.63, 3.8) is 0 Å². The molecule has 0 saturated heterocycles. The van der Waals surface area contributed by atoms with E-state index in [2.05, 4.69) is 10.4 Å². The molecule has 3 aromatic rings. The number of non-ortho nitro benzene ring substituents is 1. The van der Waals surface area contributed by atoms with Crippen molar-refractivity contribution in [2.75, 3.05) is 5.32 Å². The van der Waals surface area contributed by atoms with E-state index < -0.39 is 21.7 Å². The van der Waals surface area contributed by atoms with Gasteiger partial charge in [0.15, 0.2) is 0 Å². The van der Waals surface area contributed by atoms with Gasteiger partial charge in [-0.1, -0.05) is 13.0 Å². The minimum atomic E-state index is -0.613. The van der Waals surface area contributed by atoms with Crippen LogP contribution in [0.2, 0.25) is 0 Å². The average Bonchev–Trinajstić information content (AvgIpc) is 3.15. The minimum Gasteiger partial charge on any atom is -0.457 e. The minimum absolute atomic E-state index is 0.0977. The quantitative estimate of drug-likeness (QED) is 0.405.